The van der Waals surface area contributed by atoms with Crippen LogP contribution in [-0.4, -0.2) is 17.0 Å². The number of aryl methyl sites for hydroxylation is 1. The molecule has 0 spiro atoms. The average Bonchev–Trinajstić information content (AvgIpc) is 2.89. The number of amides is 1. The van der Waals surface area contributed by atoms with E-state index in [9.17, 15) is 9.59 Å². The van der Waals surface area contributed by atoms with Crippen molar-refractivity contribution >= 4 is 28.9 Å². The lowest BCUT2D eigenvalue weighted by atomic mass is 10.1. The van der Waals surface area contributed by atoms with Gasteiger partial charge < -0.3 is 10.4 Å². The highest BCUT2D eigenvalue weighted by Crippen LogP contribution is 2.21. The summed E-state index contributed by atoms with van der Waals surface area (Å²) in [4.78, 5) is 23.2. The highest BCUT2D eigenvalue weighted by molar-refractivity contribution is 7.15. The first-order valence-electron chi connectivity index (χ1n) is 5.67. The van der Waals surface area contributed by atoms with Crippen LogP contribution in [0.5, 0.6) is 0 Å². The van der Waals surface area contributed by atoms with Gasteiger partial charge >= 0.3 is 5.97 Å². The molecule has 0 radical (unpaired) electrons. The molecule has 20 heavy (non-hydrogen) atoms. The topological polar surface area (TPSA) is 90.2 Å². The van der Waals surface area contributed by atoms with E-state index in [4.69, 9.17) is 10.4 Å². The number of carbonyl (C=O) groups excluding carboxylic acids is 1. The van der Waals surface area contributed by atoms with Gasteiger partial charge in [-0.2, -0.15) is 5.26 Å². The van der Waals surface area contributed by atoms with Crippen LogP contribution in [-0.2, 0) is 0 Å². The summed E-state index contributed by atoms with van der Waals surface area (Å²) in [5.74, 6) is -1.49. The van der Waals surface area contributed by atoms with Crippen LogP contribution < -0.4 is 5.32 Å². The summed E-state index contributed by atoms with van der Waals surface area (Å²) >= 11 is 0.891. The molecule has 0 saturated heterocycles. The van der Waals surface area contributed by atoms with Crippen molar-refractivity contribution in [2.75, 3.05) is 5.32 Å². The number of hydrogen-bond donors (Lipinski definition) is 2. The monoisotopic (exact) mass is 286 g/mol. The van der Waals surface area contributed by atoms with Gasteiger partial charge in [-0.3, -0.25) is 4.79 Å². The van der Waals surface area contributed by atoms with E-state index in [2.05, 4.69) is 5.32 Å². The third kappa shape index (κ3) is 2.68. The average molecular weight is 286 g/mol. The van der Waals surface area contributed by atoms with Crippen molar-refractivity contribution in [2.24, 2.45) is 0 Å². The van der Waals surface area contributed by atoms with Gasteiger partial charge in [0.05, 0.1) is 16.1 Å². The fourth-order valence-electron chi connectivity index (χ4n) is 1.68. The summed E-state index contributed by atoms with van der Waals surface area (Å²) in [7, 11) is 0. The largest absolute Gasteiger partial charge is 0.477 e. The van der Waals surface area contributed by atoms with Crippen LogP contribution in [0.4, 0.5) is 5.69 Å². The lowest BCUT2D eigenvalue weighted by molar-refractivity contribution is 0.0702. The molecule has 0 bridgehead atoms. The second kappa shape index (κ2) is 5.55. The first kappa shape index (κ1) is 13.8. The van der Waals surface area contributed by atoms with Crippen molar-refractivity contribution in [3.05, 3.63) is 51.2 Å². The predicted molar refractivity (Wildman–Crippen MR) is 75.1 cm³/mol. The van der Waals surface area contributed by atoms with Crippen LogP contribution in [0.2, 0.25) is 0 Å². The van der Waals surface area contributed by atoms with E-state index in [0.29, 0.717) is 11.3 Å². The first-order valence-corrected chi connectivity index (χ1v) is 6.48. The molecule has 5 nitrogen and oxygen atoms in total. The zero-order chi connectivity index (χ0) is 14.7. The Morgan fingerprint density at radius 3 is 2.55 bits per heavy atom. The van der Waals surface area contributed by atoms with Crippen molar-refractivity contribution in [3.63, 3.8) is 0 Å². The normalized spacial score (nSPS) is 9.80. The third-order valence-electron chi connectivity index (χ3n) is 2.67. The minimum atomic E-state index is -1.07. The lowest BCUT2D eigenvalue weighted by Gasteiger charge is -2.07. The summed E-state index contributed by atoms with van der Waals surface area (Å²) < 4.78 is 0. The van der Waals surface area contributed by atoms with E-state index in [1.807, 2.05) is 6.07 Å². The van der Waals surface area contributed by atoms with Gasteiger partial charge in [-0.05, 0) is 30.7 Å². The van der Waals surface area contributed by atoms with E-state index in [0.717, 1.165) is 16.9 Å². The molecular weight excluding hydrogens is 276 g/mol. The van der Waals surface area contributed by atoms with Crippen molar-refractivity contribution in [2.45, 2.75) is 6.92 Å². The number of hydrogen-bond acceptors (Lipinski definition) is 4. The smallest absolute Gasteiger partial charge is 0.345 e. The molecular formula is C14H10N2O3S. The molecule has 1 heterocycles. The molecule has 2 aromatic rings. The molecule has 1 aromatic heterocycles. The number of nitriles is 1. The van der Waals surface area contributed by atoms with Crippen LogP contribution in [0, 0.1) is 18.3 Å². The molecule has 0 aliphatic heterocycles. The molecule has 0 aliphatic carbocycles. The molecule has 0 saturated carbocycles. The summed E-state index contributed by atoms with van der Waals surface area (Å²) in [6, 6.07) is 10.0. The van der Waals surface area contributed by atoms with E-state index < -0.39 is 11.9 Å². The third-order valence-corrected chi connectivity index (χ3v) is 3.75. The Morgan fingerprint density at radius 1 is 1.25 bits per heavy atom. The molecule has 0 aliphatic rings. The number of benzene rings is 1. The summed E-state index contributed by atoms with van der Waals surface area (Å²) in [6.45, 7) is 1.78. The summed E-state index contributed by atoms with van der Waals surface area (Å²) in [6.07, 6.45) is 0. The number of carboxylic acids is 1. The Morgan fingerprint density at radius 2 is 1.95 bits per heavy atom. The quantitative estimate of drug-likeness (QED) is 0.907. The molecule has 1 aromatic carbocycles. The maximum atomic E-state index is 12.0. The van der Waals surface area contributed by atoms with Crippen molar-refractivity contribution < 1.29 is 14.7 Å². The minimum absolute atomic E-state index is 0.0971. The van der Waals surface area contributed by atoms with Crippen LogP contribution in [0.15, 0.2) is 30.3 Å². The van der Waals surface area contributed by atoms with Crippen LogP contribution >= 0.6 is 11.3 Å². The molecule has 2 rings (SSSR count). The Labute approximate surface area is 119 Å². The highest BCUT2D eigenvalue weighted by atomic mass is 32.1. The van der Waals surface area contributed by atoms with Gasteiger partial charge in [-0.1, -0.05) is 12.1 Å². The van der Waals surface area contributed by atoms with Crippen molar-refractivity contribution in [3.8, 4) is 6.07 Å². The van der Waals surface area contributed by atoms with Crippen molar-refractivity contribution in [1.29, 1.82) is 5.26 Å². The molecule has 1 amide bonds. The van der Waals surface area contributed by atoms with E-state index in [1.54, 1.807) is 25.1 Å². The number of aromatic carboxylic acids is 1. The van der Waals surface area contributed by atoms with Gasteiger partial charge in [0, 0.05) is 0 Å². The number of nitrogens with zero attached hydrogens (tertiary/aromatic N) is 1. The molecule has 0 fully saturated rings. The Hall–Kier alpha value is -2.65. The van der Waals surface area contributed by atoms with Gasteiger partial charge in [0.2, 0.25) is 0 Å². The van der Waals surface area contributed by atoms with Gasteiger partial charge in [0.1, 0.15) is 10.9 Å². The van der Waals surface area contributed by atoms with Gasteiger partial charge in [-0.25, -0.2) is 4.79 Å². The number of anilines is 1. The van der Waals surface area contributed by atoms with Gasteiger partial charge in [0.15, 0.2) is 0 Å². The predicted octanol–water partition coefficient (Wildman–Crippen LogP) is 2.88. The van der Waals surface area contributed by atoms with Gasteiger partial charge in [0.25, 0.3) is 5.91 Å². The summed E-state index contributed by atoms with van der Waals surface area (Å²) in [5, 5.41) is 20.5. The SMILES string of the molecule is Cc1cccc(NC(=O)c2ccc(C(=O)O)s2)c1C#N. The molecule has 100 valence electrons. The lowest BCUT2D eigenvalue weighted by Crippen LogP contribution is -2.11. The maximum Gasteiger partial charge on any atom is 0.345 e. The highest BCUT2D eigenvalue weighted by Gasteiger charge is 2.14. The minimum Gasteiger partial charge on any atom is -0.477 e. The van der Waals surface area contributed by atoms with Crippen LogP contribution in [0.1, 0.15) is 30.5 Å². The van der Waals surface area contributed by atoms with Gasteiger partial charge in [-0.15, -0.1) is 11.3 Å². The van der Waals surface area contributed by atoms with Crippen LogP contribution in [0.25, 0.3) is 0 Å². The molecule has 2 N–H and O–H groups in total. The van der Waals surface area contributed by atoms with E-state index in [1.165, 1.54) is 12.1 Å². The molecule has 6 heteroatoms. The fourth-order valence-corrected chi connectivity index (χ4v) is 2.42. The zero-order valence-electron chi connectivity index (χ0n) is 10.5. The number of nitrogens with one attached hydrogen (secondary N) is 1. The fraction of sp³-hybridized carbons (Fsp3) is 0.0714. The second-order valence-corrected chi connectivity index (χ2v) is 5.12. The van der Waals surface area contributed by atoms with Crippen LogP contribution in [0.3, 0.4) is 0 Å². The Balaban J connectivity index is 2.26. The number of rotatable bonds is 3. The van der Waals surface area contributed by atoms with E-state index in [-0.39, 0.29) is 9.75 Å². The van der Waals surface area contributed by atoms with E-state index >= 15 is 0 Å². The standard InChI is InChI=1S/C14H10N2O3S/c1-8-3-2-4-10(9(8)7-15)16-13(17)11-5-6-12(20-11)14(18)19/h2-6H,1H3,(H,16,17)(H,18,19). The Kier molecular flexibility index (Phi) is 3.82. The second-order valence-electron chi connectivity index (χ2n) is 4.03. The number of thiophene rings is 1. The first-order chi connectivity index (χ1) is 9.52. The molecule has 0 atom stereocenters. The number of carboxylic acid groups (broad SMARTS) is 1. The zero-order valence-corrected chi connectivity index (χ0v) is 11.3. The number of carbonyl (C=O) groups is 2. The van der Waals surface area contributed by atoms with Crippen molar-refractivity contribution in [1.82, 2.24) is 0 Å². The summed E-state index contributed by atoms with van der Waals surface area (Å²) in [5.41, 5.74) is 1.58. The molecule has 0 unspecified atom stereocenters. The maximum absolute atomic E-state index is 12.0. The Bertz CT molecular complexity index is 728.